The normalized spacial score (nSPS) is 14.5. The molecule has 3 heterocycles. The molecule has 2 aromatic heterocycles. The van der Waals surface area contributed by atoms with E-state index >= 15 is 0 Å². The molecule has 0 bridgehead atoms. The van der Waals surface area contributed by atoms with Gasteiger partial charge >= 0.3 is 0 Å². The first-order chi connectivity index (χ1) is 11.1. The van der Waals surface area contributed by atoms with E-state index in [9.17, 15) is 4.79 Å². The first kappa shape index (κ1) is 15.2. The Labute approximate surface area is 134 Å². The van der Waals surface area contributed by atoms with Crippen LogP contribution in [0.4, 0.5) is 5.95 Å². The Kier molecular flexibility index (Phi) is 4.36. The van der Waals surface area contributed by atoms with Gasteiger partial charge in [0.2, 0.25) is 11.8 Å². The zero-order valence-corrected chi connectivity index (χ0v) is 13.1. The van der Waals surface area contributed by atoms with E-state index in [-0.39, 0.29) is 18.1 Å². The van der Waals surface area contributed by atoms with Gasteiger partial charge < -0.3 is 15.0 Å². The minimum atomic E-state index is -0.0272. The predicted octanol–water partition coefficient (Wildman–Crippen LogP) is 1.60. The number of ether oxygens (including phenoxy) is 1. The second-order valence-corrected chi connectivity index (χ2v) is 5.68. The molecule has 23 heavy (non-hydrogen) atoms. The molecule has 0 saturated carbocycles. The highest BCUT2D eigenvalue weighted by Crippen LogP contribution is 2.17. The van der Waals surface area contributed by atoms with Crippen molar-refractivity contribution in [2.75, 3.05) is 18.4 Å². The Morgan fingerprint density at radius 3 is 2.61 bits per heavy atom. The molecule has 0 aromatic carbocycles. The average molecular weight is 313 g/mol. The Balaban J connectivity index is 1.52. The molecular formula is C16H19N5O2. The second-order valence-electron chi connectivity index (χ2n) is 5.68. The Morgan fingerprint density at radius 1 is 1.26 bits per heavy atom. The van der Waals surface area contributed by atoms with E-state index in [0.29, 0.717) is 30.5 Å². The van der Waals surface area contributed by atoms with E-state index < -0.39 is 0 Å². The number of nitrogens with zero attached hydrogens (tertiary/aromatic N) is 4. The summed E-state index contributed by atoms with van der Waals surface area (Å²) in [4.78, 5) is 26.5. The summed E-state index contributed by atoms with van der Waals surface area (Å²) in [6.45, 7) is 5.12. The number of hydrogen-bond donors (Lipinski definition) is 1. The van der Waals surface area contributed by atoms with Crippen LogP contribution < -0.4 is 10.1 Å². The number of amides is 1. The number of pyridine rings is 1. The van der Waals surface area contributed by atoms with Crippen LogP contribution in [0.1, 0.15) is 24.2 Å². The quantitative estimate of drug-likeness (QED) is 0.903. The molecule has 0 spiro atoms. The molecule has 1 fully saturated rings. The van der Waals surface area contributed by atoms with E-state index in [0.717, 1.165) is 0 Å². The summed E-state index contributed by atoms with van der Waals surface area (Å²) >= 11 is 0. The fraction of sp³-hybridized carbons (Fsp3) is 0.375. The van der Waals surface area contributed by atoms with Crippen LogP contribution in [0, 0.1) is 0 Å². The predicted molar refractivity (Wildman–Crippen MR) is 85.3 cm³/mol. The maximum absolute atomic E-state index is 12.3. The molecule has 120 valence electrons. The molecule has 1 amide bonds. The number of rotatable bonds is 5. The van der Waals surface area contributed by atoms with Crippen molar-refractivity contribution >= 4 is 11.9 Å². The average Bonchev–Trinajstić information content (AvgIpc) is 2.51. The van der Waals surface area contributed by atoms with E-state index in [1.807, 2.05) is 13.8 Å². The summed E-state index contributed by atoms with van der Waals surface area (Å²) in [6.07, 6.45) is 4.99. The van der Waals surface area contributed by atoms with E-state index in [1.54, 1.807) is 41.7 Å². The fourth-order valence-corrected chi connectivity index (χ4v) is 2.29. The van der Waals surface area contributed by atoms with E-state index in [2.05, 4.69) is 20.3 Å². The summed E-state index contributed by atoms with van der Waals surface area (Å²) < 4.78 is 5.47. The molecule has 3 rings (SSSR count). The lowest BCUT2D eigenvalue weighted by Gasteiger charge is -2.39. The molecule has 0 aliphatic carbocycles. The number of carbonyl (C=O) groups excluding carboxylic acids is 1. The van der Waals surface area contributed by atoms with Gasteiger partial charge in [0.1, 0.15) is 0 Å². The number of nitrogens with one attached hydrogen (secondary N) is 1. The highest BCUT2D eigenvalue weighted by molar-refractivity contribution is 5.94. The van der Waals surface area contributed by atoms with Crippen molar-refractivity contribution < 1.29 is 9.53 Å². The molecule has 7 heteroatoms. The molecule has 1 aliphatic heterocycles. The Morgan fingerprint density at radius 2 is 2.00 bits per heavy atom. The van der Waals surface area contributed by atoms with Gasteiger partial charge in [-0.3, -0.25) is 4.79 Å². The summed E-state index contributed by atoms with van der Waals surface area (Å²) in [5.41, 5.74) is 0.565. The van der Waals surface area contributed by atoms with Gasteiger partial charge in [-0.05, 0) is 26.0 Å². The van der Waals surface area contributed by atoms with Crippen molar-refractivity contribution in [2.24, 2.45) is 0 Å². The molecule has 2 aromatic rings. The van der Waals surface area contributed by atoms with Crippen molar-refractivity contribution in [3.63, 3.8) is 0 Å². The van der Waals surface area contributed by atoms with Gasteiger partial charge in [-0.15, -0.1) is 0 Å². The standard InChI is InChI=1S/C16H19N5O2/c1-11(2)23-14-5-4-12(8-19-14)15(22)21-9-13(10-21)20-16-17-6-3-7-18-16/h3-8,11,13H,9-10H2,1-2H3,(H,17,18,20). The van der Waals surface area contributed by atoms with Crippen LogP contribution in [0.2, 0.25) is 0 Å². The third kappa shape index (κ3) is 3.74. The van der Waals surface area contributed by atoms with Gasteiger partial charge in [0.05, 0.1) is 17.7 Å². The summed E-state index contributed by atoms with van der Waals surface area (Å²) in [6, 6.07) is 5.41. The number of aromatic nitrogens is 3. The van der Waals surface area contributed by atoms with Crippen LogP contribution in [0.5, 0.6) is 5.88 Å². The first-order valence-electron chi connectivity index (χ1n) is 7.57. The highest BCUT2D eigenvalue weighted by Gasteiger charge is 2.31. The highest BCUT2D eigenvalue weighted by atomic mass is 16.5. The largest absolute Gasteiger partial charge is 0.475 e. The molecular weight excluding hydrogens is 294 g/mol. The van der Waals surface area contributed by atoms with Crippen LogP contribution in [-0.2, 0) is 0 Å². The Hall–Kier alpha value is -2.70. The zero-order valence-electron chi connectivity index (χ0n) is 13.1. The molecule has 1 aliphatic rings. The zero-order chi connectivity index (χ0) is 16.2. The van der Waals surface area contributed by atoms with Gasteiger partial charge in [-0.25, -0.2) is 15.0 Å². The molecule has 1 N–H and O–H groups in total. The lowest BCUT2D eigenvalue weighted by atomic mass is 10.1. The van der Waals surface area contributed by atoms with Crippen molar-refractivity contribution in [1.29, 1.82) is 0 Å². The maximum Gasteiger partial charge on any atom is 0.255 e. The minimum Gasteiger partial charge on any atom is -0.475 e. The van der Waals surface area contributed by atoms with E-state index in [1.165, 1.54) is 0 Å². The van der Waals surface area contributed by atoms with Crippen molar-refractivity contribution in [1.82, 2.24) is 19.9 Å². The lowest BCUT2D eigenvalue weighted by Crippen LogP contribution is -2.57. The van der Waals surface area contributed by atoms with Crippen molar-refractivity contribution in [3.8, 4) is 5.88 Å². The van der Waals surface area contributed by atoms with Gasteiger partial charge in [0.15, 0.2) is 0 Å². The monoisotopic (exact) mass is 313 g/mol. The van der Waals surface area contributed by atoms with E-state index in [4.69, 9.17) is 4.74 Å². The molecule has 7 nitrogen and oxygen atoms in total. The first-order valence-corrected chi connectivity index (χ1v) is 7.57. The molecule has 0 unspecified atom stereocenters. The fourth-order valence-electron chi connectivity index (χ4n) is 2.29. The second kappa shape index (κ2) is 6.60. The van der Waals surface area contributed by atoms with Crippen LogP contribution in [0.25, 0.3) is 0 Å². The van der Waals surface area contributed by atoms with Gasteiger partial charge in [0.25, 0.3) is 5.91 Å². The third-order valence-electron chi connectivity index (χ3n) is 3.41. The summed E-state index contributed by atoms with van der Waals surface area (Å²) in [7, 11) is 0. The third-order valence-corrected chi connectivity index (χ3v) is 3.41. The van der Waals surface area contributed by atoms with Gasteiger partial charge in [0, 0.05) is 37.7 Å². The minimum absolute atomic E-state index is 0.0272. The Bertz CT molecular complexity index is 654. The molecule has 0 atom stereocenters. The SMILES string of the molecule is CC(C)Oc1ccc(C(=O)N2CC(Nc3ncccn3)C2)cn1. The molecule has 0 radical (unpaired) electrons. The van der Waals surface area contributed by atoms with Gasteiger partial charge in [-0.1, -0.05) is 0 Å². The van der Waals surface area contributed by atoms with Crippen molar-refractivity contribution in [2.45, 2.75) is 26.0 Å². The number of likely N-dealkylation sites (tertiary alicyclic amines) is 1. The number of anilines is 1. The smallest absolute Gasteiger partial charge is 0.255 e. The molecule has 1 saturated heterocycles. The summed E-state index contributed by atoms with van der Waals surface area (Å²) in [5, 5.41) is 3.19. The van der Waals surface area contributed by atoms with Crippen LogP contribution >= 0.6 is 0 Å². The van der Waals surface area contributed by atoms with Crippen LogP contribution in [0.3, 0.4) is 0 Å². The van der Waals surface area contributed by atoms with Crippen LogP contribution in [-0.4, -0.2) is 51.0 Å². The number of carbonyl (C=O) groups is 1. The maximum atomic E-state index is 12.3. The number of hydrogen-bond acceptors (Lipinski definition) is 6. The van der Waals surface area contributed by atoms with Crippen molar-refractivity contribution in [3.05, 3.63) is 42.4 Å². The lowest BCUT2D eigenvalue weighted by molar-refractivity contribution is 0.0624. The van der Waals surface area contributed by atoms with Crippen LogP contribution in [0.15, 0.2) is 36.8 Å². The van der Waals surface area contributed by atoms with Gasteiger partial charge in [-0.2, -0.15) is 0 Å². The topological polar surface area (TPSA) is 80.2 Å². The summed E-state index contributed by atoms with van der Waals surface area (Å²) in [5.74, 6) is 1.09.